The van der Waals surface area contributed by atoms with Crippen molar-refractivity contribution in [1.29, 1.82) is 0 Å². The summed E-state index contributed by atoms with van der Waals surface area (Å²) in [6, 6.07) is 11.7. The predicted molar refractivity (Wildman–Crippen MR) is 124 cm³/mol. The summed E-state index contributed by atoms with van der Waals surface area (Å²) in [5.41, 5.74) is 1.25. The minimum atomic E-state index is -3.73. The Hall–Kier alpha value is -2.69. The lowest BCUT2D eigenvalue weighted by molar-refractivity contribution is 0.0697. The van der Waals surface area contributed by atoms with Crippen LogP contribution in [-0.4, -0.2) is 61.4 Å². The lowest BCUT2D eigenvalue weighted by Gasteiger charge is -2.34. The molecule has 1 aromatic heterocycles. The number of carbonyl (C=O) groups excluding carboxylic acids is 1. The molecule has 0 spiro atoms. The highest BCUT2D eigenvalue weighted by Gasteiger charge is 2.31. The summed E-state index contributed by atoms with van der Waals surface area (Å²) in [5.74, 6) is 0.447. The standard InChI is InChI=1S/C22H25N3O5S2/c1-15(2)25-19-8-7-18(14-20(19)31-22(25)27)32(28,29)24-11-9-23(10-12-24)21(26)16-5-4-6-17(13-16)30-3/h4-8,13-15H,9-12H2,1-3H3. The van der Waals surface area contributed by atoms with E-state index in [4.69, 9.17) is 4.74 Å². The zero-order valence-corrected chi connectivity index (χ0v) is 19.8. The van der Waals surface area contributed by atoms with Crippen molar-refractivity contribution in [2.75, 3.05) is 33.3 Å². The van der Waals surface area contributed by atoms with Gasteiger partial charge in [0.1, 0.15) is 5.75 Å². The van der Waals surface area contributed by atoms with Crippen molar-refractivity contribution < 1.29 is 17.9 Å². The van der Waals surface area contributed by atoms with Crippen molar-refractivity contribution in [2.24, 2.45) is 0 Å². The van der Waals surface area contributed by atoms with Crippen LogP contribution in [0.3, 0.4) is 0 Å². The van der Waals surface area contributed by atoms with Crippen molar-refractivity contribution in [3.8, 4) is 5.75 Å². The van der Waals surface area contributed by atoms with Crippen LogP contribution in [0.2, 0.25) is 0 Å². The quantitative estimate of drug-likeness (QED) is 0.566. The Labute approximate surface area is 190 Å². The van der Waals surface area contributed by atoms with Gasteiger partial charge in [-0.2, -0.15) is 4.31 Å². The molecular formula is C22H25N3O5S2. The molecule has 32 heavy (non-hydrogen) atoms. The zero-order chi connectivity index (χ0) is 23.0. The lowest BCUT2D eigenvalue weighted by Crippen LogP contribution is -2.50. The van der Waals surface area contributed by atoms with Gasteiger partial charge in [-0.1, -0.05) is 17.4 Å². The maximum absolute atomic E-state index is 13.2. The number of piperazine rings is 1. The average molecular weight is 476 g/mol. The number of thiazole rings is 1. The fraction of sp³-hybridized carbons (Fsp3) is 0.364. The molecule has 8 nitrogen and oxygen atoms in total. The molecule has 170 valence electrons. The number of amides is 1. The third kappa shape index (κ3) is 4.05. The molecule has 0 saturated carbocycles. The Morgan fingerprint density at radius 3 is 2.44 bits per heavy atom. The first-order valence-electron chi connectivity index (χ1n) is 10.3. The average Bonchev–Trinajstić information content (AvgIpc) is 3.13. The summed E-state index contributed by atoms with van der Waals surface area (Å²) < 4.78 is 35.3. The zero-order valence-electron chi connectivity index (χ0n) is 18.1. The number of fused-ring (bicyclic) bond motifs is 1. The molecule has 0 radical (unpaired) electrons. The van der Waals surface area contributed by atoms with Crippen LogP contribution >= 0.6 is 11.3 Å². The normalized spacial score (nSPS) is 15.4. The van der Waals surface area contributed by atoms with E-state index in [0.29, 0.717) is 29.1 Å². The Kier molecular flexibility index (Phi) is 6.11. The van der Waals surface area contributed by atoms with Crippen molar-refractivity contribution in [1.82, 2.24) is 13.8 Å². The molecule has 0 N–H and O–H groups in total. The molecule has 1 aliphatic heterocycles. The van der Waals surface area contributed by atoms with Gasteiger partial charge in [-0.3, -0.25) is 14.2 Å². The van der Waals surface area contributed by atoms with Crippen LogP contribution in [0, 0.1) is 0 Å². The monoisotopic (exact) mass is 475 g/mol. The number of ether oxygens (including phenoxy) is 1. The first-order chi connectivity index (χ1) is 15.2. The topological polar surface area (TPSA) is 88.9 Å². The maximum atomic E-state index is 13.2. The third-order valence-electron chi connectivity index (χ3n) is 5.58. The van der Waals surface area contributed by atoms with Crippen LogP contribution in [0.1, 0.15) is 30.2 Å². The minimum absolute atomic E-state index is 0.00564. The lowest BCUT2D eigenvalue weighted by atomic mass is 10.1. The summed E-state index contributed by atoms with van der Waals surface area (Å²) in [7, 11) is -2.19. The van der Waals surface area contributed by atoms with E-state index in [9.17, 15) is 18.0 Å². The Balaban J connectivity index is 1.51. The van der Waals surface area contributed by atoms with Gasteiger partial charge in [0, 0.05) is 37.8 Å². The van der Waals surface area contributed by atoms with Gasteiger partial charge in [0.15, 0.2) is 0 Å². The Morgan fingerprint density at radius 1 is 1.06 bits per heavy atom. The van der Waals surface area contributed by atoms with Gasteiger partial charge >= 0.3 is 4.87 Å². The summed E-state index contributed by atoms with van der Waals surface area (Å²) in [5, 5.41) is 0. The highest BCUT2D eigenvalue weighted by atomic mass is 32.2. The molecule has 1 amide bonds. The van der Waals surface area contributed by atoms with Gasteiger partial charge in [-0.15, -0.1) is 0 Å². The number of aromatic nitrogens is 1. The molecule has 3 aromatic rings. The molecule has 0 bridgehead atoms. The van der Waals surface area contributed by atoms with E-state index in [2.05, 4.69) is 0 Å². The summed E-state index contributed by atoms with van der Waals surface area (Å²) in [6.45, 7) is 4.86. The molecule has 10 heteroatoms. The summed E-state index contributed by atoms with van der Waals surface area (Å²) >= 11 is 1.05. The number of nitrogens with zero attached hydrogens (tertiary/aromatic N) is 3. The number of hydrogen-bond donors (Lipinski definition) is 0. The van der Waals surface area contributed by atoms with Crippen LogP contribution in [0.15, 0.2) is 52.2 Å². The number of hydrogen-bond acceptors (Lipinski definition) is 6. The second-order valence-electron chi connectivity index (χ2n) is 7.89. The van der Waals surface area contributed by atoms with Gasteiger partial charge in [0.05, 0.1) is 22.2 Å². The molecule has 1 aliphatic rings. The van der Waals surface area contributed by atoms with Crippen molar-refractivity contribution >= 4 is 37.5 Å². The van der Waals surface area contributed by atoms with Gasteiger partial charge in [0.2, 0.25) is 10.0 Å². The number of carbonyl (C=O) groups is 1. The molecule has 2 heterocycles. The van der Waals surface area contributed by atoms with Crippen LogP contribution in [0.5, 0.6) is 5.75 Å². The number of rotatable bonds is 5. The first kappa shape index (κ1) is 22.5. The fourth-order valence-electron chi connectivity index (χ4n) is 3.89. The van der Waals surface area contributed by atoms with Gasteiger partial charge in [-0.25, -0.2) is 8.42 Å². The summed E-state index contributed by atoms with van der Waals surface area (Å²) in [6.07, 6.45) is 0. The van der Waals surface area contributed by atoms with Crippen LogP contribution in [-0.2, 0) is 10.0 Å². The predicted octanol–water partition coefficient (Wildman–Crippen LogP) is 2.80. The first-order valence-corrected chi connectivity index (χ1v) is 12.6. The molecule has 1 saturated heterocycles. The van der Waals surface area contributed by atoms with Gasteiger partial charge in [0.25, 0.3) is 5.91 Å². The molecule has 2 aromatic carbocycles. The van der Waals surface area contributed by atoms with E-state index in [1.54, 1.807) is 59.0 Å². The van der Waals surface area contributed by atoms with E-state index in [1.165, 1.54) is 4.31 Å². The largest absolute Gasteiger partial charge is 0.497 e. The van der Waals surface area contributed by atoms with E-state index >= 15 is 0 Å². The molecular weight excluding hydrogens is 450 g/mol. The molecule has 0 aliphatic carbocycles. The fourth-order valence-corrected chi connectivity index (χ4v) is 6.46. The Morgan fingerprint density at radius 2 is 1.78 bits per heavy atom. The number of benzene rings is 2. The van der Waals surface area contributed by atoms with Crippen molar-refractivity contribution in [3.63, 3.8) is 0 Å². The van der Waals surface area contributed by atoms with Crippen LogP contribution in [0.25, 0.3) is 10.2 Å². The molecule has 0 atom stereocenters. The molecule has 1 fully saturated rings. The van der Waals surface area contributed by atoms with E-state index in [0.717, 1.165) is 16.9 Å². The number of methoxy groups -OCH3 is 1. The van der Waals surface area contributed by atoms with E-state index in [-0.39, 0.29) is 34.8 Å². The highest BCUT2D eigenvalue weighted by Crippen LogP contribution is 2.26. The number of sulfonamides is 1. The molecule has 4 rings (SSSR count). The van der Waals surface area contributed by atoms with Gasteiger partial charge in [-0.05, 0) is 50.2 Å². The minimum Gasteiger partial charge on any atom is -0.497 e. The van der Waals surface area contributed by atoms with Crippen LogP contribution in [0.4, 0.5) is 0 Å². The SMILES string of the molecule is COc1cccc(C(=O)N2CCN(S(=O)(=O)c3ccc4c(c3)sc(=O)n4C(C)C)CC2)c1. The molecule has 0 unspecified atom stereocenters. The second kappa shape index (κ2) is 8.68. The second-order valence-corrected chi connectivity index (χ2v) is 10.8. The van der Waals surface area contributed by atoms with Crippen LogP contribution < -0.4 is 9.61 Å². The highest BCUT2D eigenvalue weighted by molar-refractivity contribution is 7.89. The van der Waals surface area contributed by atoms with E-state index in [1.807, 2.05) is 13.8 Å². The summed E-state index contributed by atoms with van der Waals surface area (Å²) in [4.78, 5) is 26.8. The van der Waals surface area contributed by atoms with Gasteiger partial charge < -0.3 is 9.64 Å². The maximum Gasteiger partial charge on any atom is 0.308 e. The van der Waals surface area contributed by atoms with E-state index < -0.39 is 10.0 Å². The third-order valence-corrected chi connectivity index (χ3v) is 8.39. The van der Waals surface area contributed by atoms with Crippen molar-refractivity contribution in [2.45, 2.75) is 24.8 Å². The Bertz CT molecular complexity index is 1320. The van der Waals surface area contributed by atoms with Crippen molar-refractivity contribution in [3.05, 3.63) is 57.7 Å². The smallest absolute Gasteiger partial charge is 0.308 e.